The molecule has 0 saturated heterocycles. The lowest BCUT2D eigenvalue weighted by molar-refractivity contribution is 0.247. The first-order valence-corrected chi connectivity index (χ1v) is 5.10. The highest BCUT2D eigenvalue weighted by molar-refractivity contribution is 7.98. The van der Waals surface area contributed by atoms with Gasteiger partial charge in [-0.25, -0.2) is 0 Å². The van der Waals surface area contributed by atoms with Crippen LogP contribution in [0.3, 0.4) is 0 Å². The van der Waals surface area contributed by atoms with Crippen LogP contribution in [0.5, 0.6) is 0 Å². The molecule has 0 saturated carbocycles. The molecule has 0 aromatic heterocycles. The van der Waals surface area contributed by atoms with Crippen molar-refractivity contribution in [2.45, 2.75) is 19.4 Å². The first kappa shape index (κ1) is 11.0. The van der Waals surface area contributed by atoms with Crippen LogP contribution in [-0.4, -0.2) is 29.9 Å². The Kier molecular flexibility index (Phi) is 6.71. The van der Waals surface area contributed by atoms with Crippen LogP contribution in [0.25, 0.3) is 0 Å². The molecule has 0 rings (SSSR count). The van der Waals surface area contributed by atoms with Gasteiger partial charge in [0.25, 0.3) is 0 Å². The standard InChI is InChI=1S/C8H17NOS/c1-7(2)8(9-6-10)4-5-11-3/h8-10H,1,4-6H2,2-3H3/t8-/m0/s1. The van der Waals surface area contributed by atoms with Gasteiger partial charge in [0.05, 0.1) is 6.73 Å². The zero-order chi connectivity index (χ0) is 8.69. The molecule has 3 heteroatoms. The first-order valence-electron chi connectivity index (χ1n) is 3.71. The minimum atomic E-state index is 0.0336. The molecular weight excluding hydrogens is 158 g/mol. The van der Waals surface area contributed by atoms with E-state index in [-0.39, 0.29) is 12.8 Å². The summed E-state index contributed by atoms with van der Waals surface area (Å²) in [6.45, 7) is 5.86. The Morgan fingerprint density at radius 1 is 1.73 bits per heavy atom. The summed E-state index contributed by atoms with van der Waals surface area (Å²) in [7, 11) is 0. The van der Waals surface area contributed by atoms with Crippen molar-refractivity contribution in [1.29, 1.82) is 0 Å². The van der Waals surface area contributed by atoms with Crippen molar-refractivity contribution in [2.24, 2.45) is 0 Å². The maximum absolute atomic E-state index is 8.63. The van der Waals surface area contributed by atoms with Gasteiger partial charge in [0, 0.05) is 6.04 Å². The molecule has 0 heterocycles. The fraction of sp³-hybridized carbons (Fsp3) is 0.750. The van der Waals surface area contributed by atoms with Crippen LogP contribution >= 0.6 is 11.8 Å². The Hall–Kier alpha value is 0.01000. The fourth-order valence-electron chi connectivity index (χ4n) is 0.869. The molecule has 11 heavy (non-hydrogen) atoms. The number of aliphatic hydroxyl groups excluding tert-OH is 1. The van der Waals surface area contributed by atoms with Crippen LogP contribution in [0.2, 0.25) is 0 Å². The number of hydrogen-bond acceptors (Lipinski definition) is 3. The van der Waals surface area contributed by atoms with Crippen molar-refractivity contribution in [3.63, 3.8) is 0 Å². The van der Waals surface area contributed by atoms with E-state index < -0.39 is 0 Å². The molecule has 66 valence electrons. The summed E-state index contributed by atoms with van der Waals surface area (Å²) in [6.07, 6.45) is 3.12. The molecular formula is C8H17NOS. The monoisotopic (exact) mass is 175 g/mol. The molecule has 1 atom stereocenters. The Morgan fingerprint density at radius 2 is 2.36 bits per heavy atom. The van der Waals surface area contributed by atoms with Crippen LogP contribution in [-0.2, 0) is 0 Å². The lowest BCUT2D eigenvalue weighted by Crippen LogP contribution is -2.31. The second-order valence-corrected chi connectivity index (χ2v) is 3.53. The summed E-state index contributed by atoms with van der Waals surface area (Å²) < 4.78 is 0. The SMILES string of the molecule is C=C(C)[C@H](CCSC)NCO. The molecule has 0 unspecified atom stereocenters. The van der Waals surface area contributed by atoms with Crippen molar-refractivity contribution in [3.05, 3.63) is 12.2 Å². The van der Waals surface area contributed by atoms with Crippen LogP contribution < -0.4 is 5.32 Å². The predicted octanol–water partition coefficient (Wildman–Crippen LogP) is 1.22. The summed E-state index contributed by atoms with van der Waals surface area (Å²) in [5, 5.41) is 11.6. The van der Waals surface area contributed by atoms with Gasteiger partial charge >= 0.3 is 0 Å². The van der Waals surface area contributed by atoms with E-state index in [1.54, 1.807) is 0 Å². The van der Waals surface area contributed by atoms with Gasteiger partial charge in [-0.1, -0.05) is 12.2 Å². The minimum absolute atomic E-state index is 0.0336. The van der Waals surface area contributed by atoms with Crippen LogP contribution in [0.1, 0.15) is 13.3 Å². The van der Waals surface area contributed by atoms with Gasteiger partial charge < -0.3 is 5.11 Å². The van der Waals surface area contributed by atoms with Crippen LogP contribution in [0, 0.1) is 0 Å². The molecule has 0 aromatic rings. The van der Waals surface area contributed by atoms with E-state index in [1.165, 1.54) is 0 Å². The van der Waals surface area contributed by atoms with Gasteiger partial charge in [-0.3, -0.25) is 5.32 Å². The van der Waals surface area contributed by atoms with Crippen molar-refractivity contribution in [3.8, 4) is 0 Å². The molecule has 0 aliphatic heterocycles. The minimum Gasteiger partial charge on any atom is -0.381 e. The summed E-state index contributed by atoms with van der Waals surface area (Å²) >= 11 is 1.81. The second-order valence-electron chi connectivity index (χ2n) is 2.54. The molecule has 2 nitrogen and oxygen atoms in total. The fourth-order valence-corrected chi connectivity index (χ4v) is 1.34. The third kappa shape index (κ3) is 5.30. The normalized spacial score (nSPS) is 13.0. The number of nitrogens with one attached hydrogen (secondary N) is 1. The molecule has 0 aromatic carbocycles. The molecule has 0 aliphatic rings. The second kappa shape index (κ2) is 6.70. The molecule has 0 amide bonds. The average Bonchev–Trinajstić information content (AvgIpc) is 1.97. The highest BCUT2D eigenvalue weighted by atomic mass is 32.2. The highest BCUT2D eigenvalue weighted by Crippen LogP contribution is 2.06. The van der Waals surface area contributed by atoms with E-state index in [0.29, 0.717) is 0 Å². The van der Waals surface area contributed by atoms with Crippen LogP contribution in [0.4, 0.5) is 0 Å². The van der Waals surface area contributed by atoms with E-state index in [2.05, 4.69) is 18.2 Å². The maximum atomic E-state index is 8.63. The summed E-state index contributed by atoms with van der Waals surface area (Å²) in [5.41, 5.74) is 1.09. The van der Waals surface area contributed by atoms with Gasteiger partial charge in [0.2, 0.25) is 0 Å². The van der Waals surface area contributed by atoms with E-state index in [4.69, 9.17) is 5.11 Å². The molecule has 2 N–H and O–H groups in total. The Morgan fingerprint density at radius 3 is 2.73 bits per heavy atom. The van der Waals surface area contributed by atoms with Crippen molar-refractivity contribution in [1.82, 2.24) is 5.32 Å². The Labute approximate surface area is 73.1 Å². The first-order chi connectivity index (χ1) is 5.22. The van der Waals surface area contributed by atoms with E-state index >= 15 is 0 Å². The van der Waals surface area contributed by atoms with Crippen LogP contribution in [0.15, 0.2) is 12.2 Å². The quantitative estimate of drug-likeness (QED) is 0.470. The Bertz CT molecular complexity index is 117. The lowest BCUT2D eigenvalue weighted by Gasteiger charge is -2.16. The molecule has 0 aliphatic carbocycles. The zero-order valence-corrected chi connectivity index (χ0v) is 8.08. The lowest BCUT2D eigenvalue weighted by atomic mass is 10.1. The van der Waals surface area contributed by atoms with E-state index in [0.717, 1.165) is 17.7 Å². The number of rotatable bonds is 6. The maximum Gasteiger partial charge on any atom is 0.0936 e. The molecule has 0 spiro atoms. The molecule has 0 fully saturated rings. The summed E-state index contributed by atoms with van der Waals surface area (Å²) in [4.78, 5) is 0. The van der Waals surface area contributed by atoms with E-state index in [9.17, 15) is 0 Å². The van der Waals surface area contributed by atoms with Gasteiger partial charge in [0.15, 0.2) is 0 Å². The summed E-state index contributed by atoms with van der Waals surface area (Å²) in [6, 6.07) is 0.271. The van der Waals surface area contributed by atoms with Crippen molar-refractivity contribution in [2.75, 3.05) is 18.7 Å². The number of hydrogen-bond donors (Lipinski definition) is 2. The topological polar surface area (TPSA) is 32.3 Å². The smallest absolute Gasteiger partial charge is 0.0936 e. The van der Waals surface area contributed by atoms with Gasteiger partial charge in [-0.2, -0.15) is 11.8 Å². The Balaban J connectivity index is 3.60. The number of thioether (sulfide) groups is 1. The number of aliphatic hydroxyl groups is 1. The summed E-state index contributed by atoms with van der Waals surface area (Å²) in [5.74, 6) is 1.10. The highest BCUT2D eigenvalue weighted by Gasteiger charge is 2.06. The third-order valence-corrected chi connectivity index (χ3v) is 2.19. The molecule has 0 bridgehead atoms. The van der Waals surface area contributed by atoms with Gasteiger partial charge in [-0.05, 0) is 25.4 Å². The van der Waals surface area contributed by atoms with E-state index in [1.807, 2.05) is 18.7 Å². The van der Waals surface area contributed by atoms with Crippen molar-refractivity contribution >= 4 is 11.8 Å². The average molecular weight is 175 g/mol. The molecule has 0 radical (unpaired) electrons. The van der Waals surface area contributed by atoms with Gasteiger partial charge in [-0.15, -0.1) is 0 Å². The zero-order valence-electron chi connectivity index (χ0n) is 7.26. The predicted molar refractivity (Wildman–Crippen MR) is 51.8 cm³/mol. The van der Waals surface area contributed by atoms with Crippen molar-refractivity contribution < 1.29 is 5.11 Å². The largest absolute Gasteiger partial charge is 0.381 e. The third-order valence-electron chi connectivity index (χ3n) is 1.54. The van der Waals surface area contributed by atoms with Gasteiger partial charge in [0.1, 0.15) is 0 Å².